The third-order valence-electron chi connectivity index (χ3n) is 4.74. The first kappa shape index (κ1) is 26.3. The fraction of sp³-hybridized carbons (Fsp3) is 0.158. The smallest absolute Gasteiger partial charge is 0.315 e. The maximum atomic E-state index is 13.0. The van der Waals surface area contributed by atoms with Crippen molar-refractivity contribution in [3.05, 3.63) is 84.2 Å². The predicted octanol–water partition coefficient (Wildman–Crippen LogP) is 3.00. The number of non-ortho nitro benzene ring substituents is 1. The molecule has 0 aliphatic rings. The van der Waals surface area contributed by atoms with Crippen LogP contribution in [0.5, 0.6) is 0 Å². The standard InChI is InChI=1S/C19H13F3N8O7/c1-23-27-16(18(31)26-12-4-2-9(19(20,21)22)6-15(12)29(34)35)17(30(36)37)14-8-24-11-5-3-10(28(32)33)7-13(11)25-14/h2-8,17,23H,1H3,(H,26,31)/b27-16+/t17-/m0/s1. The molecule has 0 radical (unpaired) electrons. The number of anilines is 1. The Morgan fingerprint density at radius 2 is 1.73 bits per heavy atom. The molecule has 37 heavy (non-hydrogen) atoms. The topological polar surface area (TPSA) is 209 Å². The lowest BCUT2D eigenvalue weighted by Gasteiger charge is -2.13. The number of nitro groups is 3. The number of nitro benzene ring substituents is 2. The average molecular weight is 522 g/mol. The number of hydrogen-bond donors (Lipinski definition) is 2. The van der Waals surface area contributed by atoms with Crippen LogP contribution in [0.15, 0.2) is 47.7 Å². The SMILES string of the molecule is CN/N=C(/C(=O)Nc1ccc(C(F)(F)F)cc1[N+](=O)[O-])[C@H](c1cnc2ccc([N+](=O)[O-])cc2n1)[N+](=O)[O-]. The Labute approximate surface area is 202 Å². The normalized spacial score (nSPS) is 12.6. The Morgan fingerprint density at radius 1 is 1.03 bits per heavy atom. The lowest BCUT2D eigenvalue weighted by Crippen LogP contribution is -2.34. The van der Waals surface area contributed by atoms with Gasteiger partial charge >= 0.3 is 12.2 Å². The average Bonchev–Trinajstić information content (AvgIpc) is 2.82. The van der Waals surface area contributed by atoms with Gasteiger partial charge in [-0.2, -0.15) is 18.3 Å². The van der Waals surface area contributed by atoms with E-state index < -0.39 is 61.2 Å². The highest BCUT2D eigenvalue weighted by molar-refractivity contribution is 6.44. The second-order valence-corrected chi connectivity index (χ2v) is 7.07. The number of nitrogens with one attached hydrogen (secondary N) is 2. The molecule has 1 heterocycles. The molecule has 0 aliphatic carbocycles. The molecule has 0 aliphatic heterocycles. The number of rotatable bonds is 8. The molecule has 3 aromatic rings. The largest absolute Gasteiger partial charge is 0.416 e. The molecule has 3 rings (SSSR count). The number of hydrogen-bond acceptors (Lipinski definition) is 11. The van der Waals surface area contributed by atoms with E-state index in [4.69, 9.17) is 0 Å². The number of carbonyl (C=O) groups excluding carboxylic acids is 1. The fourth-order valence-electron chi connectivity index (χ4n) is 3.12. The van der Waals surface area contributed by atoms with Gasteiger partial charge in [-0.3, -0.25) is 40.1 Å². The molecular formula is C19H13F3N8O7. The zero-order valence-electron chi connectivity index (χ0n) is 18.3. The molecule has 0 saturated heterocycles. The summed E-state index contributed by atoms with van der Waals surface area (Å²) >= 11 is 0. The summed E-state index contributed by atoms with van der Waals surface area (Å²) in [5.74, 6) is -1.38. The zero-order valence-corrected chi connectivity index (χ0v) is 18.3. The summed E-state index contributed by atoms with van der Waals surface area (Å²) in [6, 6.07) is 2.55. The van der Waals surface area contributed by atoms with Gasteiger partial charge in [-0.1, -0.05) is 0 Å². The molecule has 192 valence electrons. The zero-order chi connectivity index (χ0) is 27.5. The van der Waals surface area contributed by atoms with Crippen LogP contribution in [-0.4, -0.2) is 43.4 Å². The van der Waals surface area contributed by atoms with Crippen molar-refractivity contribution in [3.8, 4) is 0 Å². The van der Waals surface area contributed by atoms with Crippen LogP contribution in [0, 0.1) is 30.3 Å². The molecule has 0 saturated carbocycles. The number of benzene rings is 2. The van der Waals surface area contributed by atoms with Gasteiger partial charge < -0.3 is 10.7 Å². The number of halogens is 3. The minimum atomic E-state index is -4.91. The Bertz CT molecular complexity index is 1460. The summed E-state index contributed by atoms with van der Waals surface area (Å²) in [4.78, 5) is 52.2. The van der Waals surface area contributed by atoms with Crippen molar-refractivity contribution in [1.29, 1.82) is 0 Å². The lowest BCUT2D eigenvalue weighted by molar-refractivity contribution is -0.509. The van der Waals surface area contributed by atoms with Crippen molar-refractivity contribution < 1.29 is 32.7 Å². The highest BCUT2D eigenvalue weighted by Gasteiger charge is 2.38. The van der Waals surface area contributed by atoms with Crippen LogP contribution in [0.1, 0.15) is 17.3 Å². The Balaban J connectivity index is 2.05. The Morgan fingerprint density at radius 3 is 2.30 bits per heavy atom. The van der Waals surface area contributed by atoms with Gasteiger partial charge in [0.05, 0.1) is 32.6 Å². The van der Waals surface area contributed by atoms with Crippen molar-refractivity contribution in [1.82, 2.24) is 15.4 Å². The van der Waals surface area contributed by atoms with Gasteiger partial charge in [0.1, 0.15) is 11.4 Å². The van der Waals surface area contributed by atoms with Crippen molar-refractivity contribution >= 4 is 39.7 Å². The van der Waals surface area contributed by atoms with Crippen LogP contribution >= 0.6 is 0 Å². The van der Waals surface area contributed by atoms with E-state index in [1.807, 2.05) is 5.32 Å². The highest BCUT2D eigenvalue weighted by Crippen LogP contribution is 2.35. The number of carbonyl (C=O) groups is 1. The van der Waals surface area contributed by atoms with E-state index in [0.717, 1.165) is 18.3 Å². The monoisotopic (exact) mass is 522 g/mol. The number of alkyl halides is 3. The maximum Gasteiger partial charge on any atom is 0.416 e. The third-order valence-corrected chi connectivity index (χ3v) is 4.74. The van der Waals surface area contributed by atoms with E-state index in [-0.39, 0.29) is 22.8 Å². The van der Waals surface area contributed by atoms with E-state index >= 15 is 0 Å². The van der Waals surface area contributed by atoms with Gasteiger partial charge in [-0.15, -0.1) is 0 Å². The number of amides is 1. The summed E-state index contributed by atoms with van der Waals surface area (Å²) in [5.41, 5.74) is -2.70. The van der Waals surface area contributed by atoms with Crippen LogP contribution in [0.2, 0.25) is 0 Å². The molecule has 1 atom stereocenters. The minimum absolute atomic E-state index is 0.110. The molecule has 1 aromatic heterocycles. The van der Waals surface area contributed by atoms with Crippen molar-refractivity contribution in [2.45, 2.75) is 12.2 Å². The molecule has 18 heteroatoms. The van der Waals surface area contributed by atoms with E-state index in [1.165, 1.54) is 13.1 Å². The van der Waals surface area contributed by atoms with E-state index in [0.29, 0.717) is 12.1 Å². The van der Waals surface area contributed by atoms with Crippen LogP contribution in [0.25, 0.3) is 11.0 Å². The Hall–Kier alpha value is -5.29. The molecule has 0 spiro atoms. The van der Waals surface area contributed by atoms with Crippen LogP contribution in [0.4, 0.5) is 30.2 Å². The molecule has 0 fully saturated rings. The number of nitrogens with zero attached hydrogens (tertiary/aromatic N) is 6. The van der Waals surface area contributed by atoms with Crippen LogP contribution in [-0.2, 0) is 11.0 Å². The first-order valence-electron chi connectivity index (χ1n) is 9.79. The summed E-state index contributed by atoms with van der Waals surface area (Å²) in [6.45, 7) is 0. The maximum absolute atomic E-state index is 13.0. The Kier molecular flexibility index (Phi) is 7.21. The number of fused-ring (bicyclic) bond motifs is 1. The van der Waals surface area contributed by atoms with Crippen LogP contribution in [0.3, 0.4) is 0 Å². The minimum Gasteiger partial charge on any atom is -0.315 e. The molecule has 2 aromatic carbocycles. The molecular weight excluding hydrogens is 509 g/mol. The van der Waals surface area contributed by atoms with Gasteiger partial charge in [-0.25, -0.2) is 4.98 Å². The first-order valence-corrected chi connectivity index (χ1v) is 9.79. The lowest BCUT2D eigenvalue weighted by atomic mass is 10.1. The van der Waals surface area contributed by atoms with Gasteiger partial charge in [0.2, 0.25) is 5.71 Å². The summed E-state index contributed by atoms with van der Waals surface area (Å²) in [6.07, 6.45) is -3.98. The third kappa shape index (κ3) is 5.69. The summed E-state index contributed by atoms with van der Waals surface area (Å²) < 4.78 is 38.9. The van der Waals surface area contributed by atoms with Gasteiger partial charge in [0.25, 0.3) is 17.3 Å². The first-order chi connectivity index (χ1) is 17.3. The van der Waals surface area contributed by atoms with Crippen LogP contribution < -0.4 is 10.7 Å². The fourth-order valence-corrected chi connectivity index (χ4v) is 3.12. The molecule has 15 nitrogen and oxygen atoms in total. The van der Waals surface area contributed by atoms with Crippen molar-refractivity contribution in [3.63, 3.8) is 0 Å². The van der Waals surface area contributed by atoms with Crippen molar-refractivity contribution in [2.75, 3.05) is 12.4 Å². The number of aromatic nitrogens is 2. The summed E-state index contributed by atoms with van der Waals surface area (Å²) in [5, 5.41) is 39.8. The van der Waals surface area contributed by atoms with E-state index in [1.54, 1.807) is 0 Å². The van der Waals surface area contributed by atoms with E-state index in [9.17, 15) is 48.3 Å². The predicted molar refractivity (Wildman–Crippen MR) is 119 cm³/mol. The highest BCUT2D eigenvalue weighted by atomic mass is 19.4. The van der Waals surface area contributed by atoms with Gasteiger partial charge in [0, 0.05) is 30.2 Å². The van der Waals surface area contributed by atoms with E-state index in [2.05, 4.69) is 20.5 Å². The van der Waals surface area contributed by atoms with Gasteiger partial charge in [0.15, 0.2) is 0 Å². The second-order valence-electron chi connectivity index (χ2n) is 7.07. The molecule has 2 N–H and O–H groups in total. The molecule has 1 amide bonds. The molecule has 0 bridgehead atoms. The molecule has 0 unspecified atom stereocenters. The van der Waals surface area contributed by atoms with Crippen molar-refractivity contribution in [2.24, 2.45) is 5.10 Å². The second kappa shape index (κ2) is 10.1. The summed E-state index contributed by atoms with van der Waals surface area (Å²) in [7, 11) is 1.18. The number of hydrazone groups is 1. The quantitative estimate of drug-likeness (QED) is 0.251. The van der Waals surface area contributed by atoms with Gasteiger partial charge in [-0.05, 0) is 18.2 Å².